The van der Waals surface area contributed by atoms with Gasteiger partial charge in [-0.2, -0.15) is 0 Å². The maximum absolute atomic E-state index is 12.2. The molecule has 2 heterocycles. The number of furan rings is 1. The third-order valence-electron chi connectivity index (χ3n) is 4.05. The molecule has 1 N–H and O–H groups in total. The van der Waals surface area contributed by atoms with Gasteiger partial charge in [0.2, 0.25) is 0 Å². The fourth-order valence-electron chi connectivity index (χ4n) is 2.64. The van der Waals surface area contributed by atoms with Crippen LogP contribution in [0.2, 0.25) is 5.02 Å². The molecule has 0 spiro atoms. The van der Waals surface area contributed by atoms with E-state index in [0.29, 0.717) is 55.9 Å². The van der Waals surface area contributed by atoms with E-state index in [-0.39, 0.29) is 11.9 Å². The first-order valence-corrected chi connectivity index (χ1v) is 8.75. The fraction of sp³-hybridized carbons (Fsp3) is 0.333. The predicted octanol–water partition coefficient (Wildman–Crippen LogP) is 2.48. The van der Waals surface area contributed by atoms with Crippen LogP contribution >= 0.6 is 11.6 Å². The van der Waals surface area contributed by atoms with Crippen molar-refractivity contribution < 1.29 is 18.7 Å². The zero-order valence-electron chi connectivity index (χ0n) is 14.2. The largest absolute Gasteiger partial charge is 0.492 e. The van der Waals surface area contributed by atoms with Gasteiger partial charge in [0.15, 0.2) is 5.76 Å². The molecule has 0 saturated carbocycles. The summed E-state index contributed by atoms with van der Waals surface area (Å²) in [6.07, 6.45) is 1.48. The van der Waals surface area contributed by atoms with Crippen molar-refractivity contribution in [3.63, 3.8) is 0 Å². The molecule has 0 bridgehead atoms. The zero-order chi connectivity index (χ0) is 18.4. The topological polar surface area (TPSA) is 75.0 Å². The van der Waals surface area contributed by atoms with Crippen LogP contribution in [0.25, 0.3) is 0 Å². The molecule has 1 aliphatic rings. The summed E-state index contributed by atoms with van der Waals surface area (Å²) in [5.74, 6) is 0.877. The zero-order valence-corrected chi connectivity index (χ0v) is 14.9. The summed E-state index contributed by atoms with van der Waals surface area (Å²) in [7, 11) is 0. The van der Waals surface area contributed by atoms with E-state index < -0.39 is 0 Å². The van der Waals surface area contributed by atoms with Crippen LogP contribution in [-0.4, -0.2) is 61.1 Å². The van der Waals surface area contributed by atoms with Crippen molar-refractivity contribution in [1.29, 1.82) is 0 Å². The van der Waals surface area contributed by atoms with Gasteiger partial charge in [-0.1, -0.05) is 11.6 Å². The second kappa shape index (κ2) is 8.62. The molecule has 3 amide bonds. The molecule has 26 heavy (non-hydrogen) atoms. The fourth-order valence-corrected chi connectivity index (χ4v) is 2.76. The molecule has 0 radical (unpaired) electrons. The van der Waals surface area contributed by atoms with Gasteiger partial charge in [0.05, 0.1) is 12.8 Å². The van der Waals surface area contributed by atoms with E-state index in [1.807, 2.05) is 0 Å². The number of benzene rings is 1. The number of halogens is 1. The number of carbonyl (C=O) groups excluding carboxylic acids is 2. The quantitative estimate of drug-likeness (QED) is 0.812. The molecule has 1 aliphatic heterocycles. The number of urea groups is 1. The van der Waals surface area contributed by atoms with E-state index >= 15 is 0 Å². The monoisotopic (exact) mass is 377 g/mol. The molecular weight excluding hydrogens is 358 g/mol. The van der Waals surface area contributed by atoms with Crippen LogP contribution in [-0.2, 0) is 0 Å². The molecule has 1 aromatic carbocycles. The van der Waals surface area contributed by atoms with Crippen molar-refractivity contribution in [2.45, 2.75) is 0 Å². The Labute approximate surface area is 156 Å². The number of hydrogen-bond donors (Lipinski definition) is 1. The van der Waals surface area contributed by atoms with Crippen molar-refractivity contribution in [3.05, 3.63) is 53.4 Å². The molecule has 2 aromatic rings. The maximum atomic E-state index is 12.2. The Hall–Kier alpha value is -2.67. The Bertz CT molecular complexity index is 725. The lowest BCUT2D eigenvalue weighted by molar-refractivity contribution is 0.0634. The Balaban J connectivity index is 1.36. The average Bonchev–Trinajstić information content (AvgIpc) is 3.21. The van der Waals surface area contributed by atoms with Gasteiger partial charge in [0, 0.05) is 31.2 Å². The van der Waals surface area contributed by atoms with Gasteiger partial charge in [0.25, 0.3) is 5.91 Å². The number of rotatable bonds is 5. The van der Waals surface area contributed by atoms with Crippen molar-refractivity contribution in [2.75, 3.05) is 39.3 Å². The van der Waals surface area contributed by atoms with E-state index in [9.17, 15) is 9.59 Å². The van der Waals surface area contributed by atoms with E-state index in [4.69, 9.17) is 20.8 Å². The Kier molecular flexibility index (Phi) is 6.01. The first kappa shape index (κ1) is 18.1. The number of nitrogens with zero attached hydrogens (tertiary/aromatic N) is 2. The van der Waals surface area contributed by atoms with Crippen molar-refractivity contribution in [2.24, 2.45) is 0 Å². The van der Waals surface area contributed by atoms with Crippen LogP contribution in [0.5, 0.6) is 5.75 Å². The number of ether oxygens (including phenoxy) is 1. The molecule has 1 fully saturated rings. The lowest BCUT2D eigenvalue weighted by Gasteiger charge is -2.34. The van der Waals surface area contributed by atoms with E-state index in [2.05, 4.69) is 5.32 Å². The first-order valence-electron chi connectivity index (χ1n) is 8.37. The highest BCUT2D eigenvalue weighted by Gasteiger charge is 2.25. The van der Waals surface area contributed by atoms with Gasteiger partial charge in [0.1, 0.15) is 12.4 Å². The van der Waals surface area contributed by atoms with Crippen LogP contribution in [0, 0.1) is 0 Å². The average molecular weight is 378 g/mol. The minimum Gasteiger partial charge on any atom is -0.492 e. The number of carbonyl (C=O) groups is 2. The van der Waals surface area contributed by atoms with E-state index in [1.165, 1.54) is 6.26 Å². The molecule has 3 rings (SSSR count). The van der Waals surface area contributed by atoms with Crippen LogP contribution in [0.3, 0.4) is 0 Å². The maximum Gasteiger partial charge on any atom is 0.317 e. The first-order chi connectivity index (χ1) is 12.6. The molecular formula is C18H20ClN3O4. The van der Waals surface area contributed by atoms with Gasteiger partial charge < -0.3 is 24.3 Å². The van der Waals surface area contributed by atoms with Crippen LogP contribution in [0.4, 0.5) is 4.79 Å². The van der Waals surface area contributed by atoms with Crippen molar-refractivity contribution in [3.8, 4) is 5.75 Å². The van der Waals surface area contributed by atoms with Gasteiger partial charge in [-0.25, -0.2) is 4.79 Å². The molecule has 1 saturated heterocycles. The number of piperazine rings is 1. The Morgan fingerprint density at radius 1 is 1.08 bits per heavy atom. The number of hydrogen-bond acceptors (Lipinski definition) is 4. The summed E-state index contributed by atoms with van der Waals surface area (Å²) in [4.78, 5) is 27.7. The second-order valence-corrected chi connectivity index (χ2v) is 6.23. The van der Waals surface area contributed by atoms with Crippen molar-refractivity contribution in [1.82, 2.24) is 15.1 Å². The summed E-state index contributed by atoms with van der Waals surface area (Å²) in [5.41, 5.74) is 0. The summed E-state index contributed by atoms with van der Waals surface area (Å²) in [6.45, 7) is 2.69. The SMILES string of the molecule is O=C(NCCOc1ccc(Cl)cc1)N1CCN(C(=O)c2ccco2)CC1. The summed E-state index contributed by atoms with van der Waals surface area (Å²) >= 11 is 5.81. The summed E-state index contributed by atoms with van der Waals surface area (Å²) < 4.78 is 10.7. The lowest BCUT2D eigenvalue weighted by atomic mass is 10.3. The Morgan fingerprint density at radius 3 is 2.42 bits per heavy atom. The normalized spacial score (nSPS) is 14.2. The van der Waals surface area contributed by atoms with Gasteiger partial charge in [-0.15, -0.1) is 0 Å². The molecule has 0 atom stereocenters. The molecule has 0 aliphatic carbocycles. The minimum atomic E-state index is -0.158. The van der Waals surface area contributed by atoms with Gasteiger partial charge in [-0.05, 0) is 36.4 Å². The van der Waals surface area contributed by atoms with Crippen molar-refractivity contribution >= 4 is 23.5 Å². The second-order valence-electron chi connectivity index (χ2n) is 5.79. The summed E-state index contributed by atoms with van der Waals surface area (Å²) in [5, 5.41) is 3.47. The molecule has 8 heteroatoms. The Morgan fingerprint density at radius 2 is 1.77 bits per heavy atom. The van der Waals surface area contributed by atoms with E-state index in [1.54, 1.807) is 46.2 Å². The predicted molar refractivity (Wildman–Crippen MR) is 96.5 cm³/mol. The van der Waals surface area contributed by atoms with Gasteiger partial charge >= 0.3 is 6.03 Å². The number of nitrogens with one attached hydrogen (secondary N) is 1. The highest BCUT2D eigenvalue weighted by Crippen LogP contribution is 2.15. The molecule has 1 aromatic heterocycles. The molecule has 7 nitrogen and oxygen atoms in total. The third-order valence-corrected chi connectivity index (χ3v) is 4.30. The molecule has 138 valence electrons. The minimum absolute atomic E-state index is 0.147. The van der Waals surface area contributed by atoms with E-state index in [0.717, 1.165) is 0 Å². The highest BCUT2D eigenvalue weighted by molar-refractivity contribution is 6.30. The third kappa shape index (κ3) is 4.70. The van der Waals surface area contributed by atoms with Gasteiger partial charge in [-0.3, -0.25) is 4.79 Å². The summed E-state index contributed by atoms with van der Waals surface area (Å²) in [6, 6.07) is 10.2. The van der Waals surface area contributed by atoms with Crippen LogP contribution in [0.15, 0.2) is 47.1 Å². The lowest BCUT2D eigenvalue weighted by Crippen LogP contribution is -2.53. The standard InChI is InChI=1S/C18H20ClN3O4/c19-14-3-5-15(6-4-14)25-13-7-20-18(24)22-10-8-21(9-11-22)17(23)16-2-1-12-26-16/h1-6,12H,7-11,13H2,(H,20,24). The number of amides is 3. The smallest absolute Gasteiger partial charge is 0.317 e. The highest BCUT2D eigenvalue weighted by atomic mass is 35.5. The van der Waals surface area contributed by atoms with Crippen LogP contribution < -0.4 is 10.1 Å². The molecule has 0 unspecified atom stereocenters. The van der Waals surface area contributed by atoms with Crippen LogP contribution in [0.1, 0.15) is 10.6 Å².